The predicted molar refractivity (Wildman–Crippen MR) is 111 cm³/mol. The Labute approximate surface area is 159 Å². The number of hydrogen-bond donors (Lipinski definition) is 1. The van der Waals surface area contributed by atoms with Crippen LogP contribution < -0.4 is 5.32 Å². The fourth-order valence-corrected chi connectivity index (χ4v) is 3.25. The van der Waals surface area contributed by atoms with Gasteiger partial charge in [-0.2, -0.15) is 9.61 Å². The second kappa shape index (κ2) is 7.23. The maximum absolute atomic E-state index is 4.91. The van der Waals surface area contributed by atoms with Gasteiger partial charge in [0.05, 0.1) is 6.20 Å². The standard InChI is InChI=1S/C23H24N4/c1-16(2)21-14-22(25-17(3)18-10-6-4-7-11-18)27-23(26-21)20(15-24-27)19-12-8-5-9-13-19/h4-17,25H,1-3H3/t17-/m0/s1. The van der Waals surface area contributed by atoms with Gasteiger partial charge in [-0.25, -0.2) is 4.98 Å². The van der Waals surface area contributed by atoms with Gasteiger partial charge in [0.2, 0.25) is 0 Å². The summed E-state index contributed by atoms with van der Waals surface area (Å²) in [6.45, 7) is 6.50. The Kier molecular flexibility index (Phi) is 4.63. The minimum Gasteiger partial charge on any atom is -0.363 e. The first-order valence-corrected chi connectivity index (χ1v) is 9.39. The zero-order valence-corrected chi connectivity index (χ0v) is 15.9. The van der Waals surface area contributed by atoms with Crippen LogP contribution in [-0.2, 0) is 0 Å². The Hall–Kier alpha value is -3.14. The molecule has 4 nitrogen and oxygen atoms in total. The molecule has 0 radical (unpaired) electrons. The molecule has 0 bridgehead atoms. The van der Waals surface area contributed by atoms with E-state index in [0.29, 0.717) is 5.92 Å². The topological polar surface area (TPSA) is 42.2 Å². The lowest BCUT2D eigenvalue weighted by molar-refractivity contribution is 0.795. The Morgan fingerprint density at radius 2 is 1.56 bits per heavy atom. The van der Waals surface area contributed by atoms with Crippen LogP contribution >= 0.6 is 0 Å². The van der Waals surface area contributed by atoms with E-state index in [2.05, 4.69) is 73.7 Å². The van der Waals surface area contributed by atoms with Crippen molar-refractivity contribution in [2.24, 2.45) is 0 Å². The number of nitrogens with zero attached hydrogens (tertiary/aromatic N) is 3. The lowest BCUT2D eigenvalue weighted by Gasteiger charge is -2.18. The maximum atomic E-state index is 4.91. The molecular formula is C23H24N4. The van der Waals surface area contributed by atoms with E-state index in [1.54, 1.807) is 0 Å². The highest BCUT2D eigenvalue weighted by Gasteiger charge is 2.16. The summed E-state index contributed by atoms with van der Waals surface area (Å²) < 4.78 is 1.91. The SMILES string of the molecule is CC(C)c1cc(N[C@@H](C)c2ccccc2)n2ncc(-c3ccccc3)c2n1. The van der Waals surface area contributed by atoms with Gasteiger partial charge in [0.15, 0.2) is 5.65 Å². The van der Waals surface area contributed by atoms with Gasteiger partial charge in [-0.15, -0.1) is 0 Å². The van der Waals surface area contributed by atoms with E-state index in [4.69, 9.17) is 4.98 Å². The number of fused-ring (bicyclic) bond motifs is 1. The molecule has 27 heavy (non-hydrogen) atoms. The molecule has 0 saturated heterocycles. The molecule has 0 aliphatic rings. The molecule has 2 aromatic carbocycles. The van der Waals surface area contributed by atoms with Crippen molar-refractivity contribution in [1.82, 2.24) is 14.6 Å². The smallest absolute Gasteiger partial charge is 0.165 e. The number of aromatic nitrogens is 3. The van der Waals surface area contributed by atoms with Crippen LogP contribution in [0.15, 0.2) is 72.9 Å². The van der Waals surface area contributed by atoms with Crippen molar-refractivity contribution in [2.45, 2.75) is 32.7 Å². The van der Waals surface area contributed by atoms with Gasteiger partial charge >= 0.3 is 0 Å². The van der Waals surface area contributed by atoms with Gasteiger partial charge in [0.25, 0.3) is 0 Å². The number of hydrogen-bond acceptors (Lipinski definition) is 3. The molecule has 1 N–H and O–H groups in total. The summed E-state index contributed by atoms with van der Waals surface area (Å²) in [6.07, 6.45) is 1.90. The van der Waals surface area contributed by atoms with Crippen molar-refractivity contribution in [3.63, 3.8) is 0 Å². The molecule has 0 saturated carbocycles. The number of anilines is 1. The van der Waals surface area contributed by atoms with E-state index >= 15 is 0 Å². The number of rotatable bonds is 5. The minimum absolute atomic E-state index is 0.168. The largest absolute Gasteiger partial charge is 0.363 e. The average Bonchev–Trinajstić information content (AvgIpc) is 3.13. The predicted octanol–water partition coefficient (Wildman–Crippen LogP) is 5.69. The molecule has 0 spiro atoms. The Bertz CT molecular complexity index is 1040. The lowest BCUT2D eigenvalue weighted by Crippen LogP contribution is -2.12. The number of nitrogens with one attached hydrogen (secondary N) is 1. The van der Waals surface area contributed by atoms with E-state index in [-0.39, 0.29) is 6.04 Å². The molecule has 2 heterocycles. The van der Waals surface area contributed by atoms with Crippen molar-refractivity contribution in [3.8, 4) is 11.1 Å². The van der Waals surface area contributed by atoms with Crippen LogP contribution in [0.1, 0.15) is 44.0 Å². The zero-order chi connectivity index (χ0) is 18.8. The summed E-state index contributed by atoms with van der Waals surface area (Å²) in [6, 6.07) is 23.0. The molecule has 136 valence electrons. The fraction of sp³-hybridized carbons (Fsp3) is 0.217. The van der Waals surface area contributed by atoms with Gasteiger partial charge in [-0.3, -0.25) is 0 Å². The zero-order valence-electron chi connectivity index (χ0n) is 15.9. The van der Waals surface area contributed by atoms with Crippen LogP contribution in [0.25, 0.3) is 16.8 Å². The normalized spacial score (nSPS) is 12.4. The van der Waals surface area contributed by atoms with Crippen molar-refractivity contribution in [1.29, 1.82) is 0 Å². The third-order valence-electron chi connectivity index (χ3n) is 4.83. The number of benzene rings is 2. The van der Waals surface area contributed by atoms with Crippen molar-refractivity contribution in [2.75, 3.05) is 5.32 Å². The summed E-state index contributed by atoms with van der Waals surface area (Å²) in [7, 11) is 0. The molecule has 0 unspecified atom stereocenters. The molecule has 4 heteroatoms. The molecule has 4 aromatic rings. The Morgan fingerprint density at radius 1 is 0.889 bits per heavy atom. The van der Waals surface area contributed by atoms with Crippen LogP contribution in [0.5, 0.6) is 0 Å². The second-order valence-electron chi connectivity index (χ2n) is 7.16. The monoisotopic (exact) mass is 356 g/mol. The quantitative estimate of drug-likeness (QED) is 0.499. The molecule has 2 aromatic heterocycles. The van der Waals surface area contributed by atoms with Gasteiger partial charge < -0.3 is 5.32 Å². The third kappa shape index (κ3) is 3.43. The molecular weight excluding hydrogens is 332 g/mol. The van der Waals surface area contributed by atoms with Gasteiger partial charge in [0, 0.05) is 23.4 Å². The van der Waals surface area contributed by atoms with Crippen LogP contribution in [0, 0.1) is 0 Å². The van der Waals surface area contributed by atoms with E-state index < -0.39 is 0 Å². The highest BCUT2D eigenvalue weighted by Crippen LogP contribution is 2.29. The van der Waals surface area contributed by atoms with Gasteiger partial charge in [-0.05, 0) is 24.0 Å². The lowest BCUT2D eigenvalue weighted by atomic mass is 10.1. The minimum atomic E-state index is 0.168. The Balaban J connectivity index is 1.81. The van der Waals surface area contributed by atoms with Crippen molar-refractivity contribution in [3.05, 3.63) is 84.2 Å². The Morgan fingerprint density at radius 3 is 2.22 bits per heavy atom. The molecule has 0 aliphatic heterocycles. The maximum Gasteiger partial charge on any atom is 0.165 e. The fourth-order valence-electron chi connectivity index (χ4n) is 3.25. The first-order chi connectivity index (χ1) is 13.1. The summed E-state index contributed by atoms with van der Waals surface area (Å²) >= 11 is 0. The van der Waals surface area contributed by atoms with Crippen molar-refractivity contribution < 1.29 is 0 Å². The third-order valence-corrected chi connectivity index (χ3v) is 4.83. The molecule has 0 fully saturated rings. The summed E-state index contributed by atoms with van der Waals surface area (Å²) in [5, 5.41) is 8.26. The highest BCUT2D eigenvalue weighted by molar-refractivity contribution is 5.78. The summed E-state index contributed by atoms with van der Waals surface area (Å²) in [4.78, 5) is 4.91. The van der Waals surface area contributed by atoms with Gasteiger partial charge in [0.1, 0.15) is 5.82 Å². The first-order valence-electron chi connectivity index (χ1n) is 9.39. The molecule has 0 amide bonds. The van der Waals surface area contributed by atoms with Crippen LogP contribution in [0.4, 0.5) is 5.82 Å². The first kappa shape index (κ1) is 17.3. The van der Waals surface area contributed by atoms with Crippen LogP contribution in [0.3, 0.4) is 0 Å². The van der Waals surface area contributed by atoms with Gasteiger partial charge in [-0.1, -0.05) is 74.5 Å². The molecule has 1 atom stereocenters. The van der Waals surface area contributed by atoms with E-state index in [9.17, 15) is 0 Å². The van der Waals surface area contributed by atoms with E-state index in [1.165, 1.54) is 5.56 Å². The molecule has 4 rings (SSSR count). The average molecular weight is 356 g/mol. The summed E-state index contributed by atoms with van der Waals surface area (Å²) in [5.41, 5.74) is 5.36. The van der Waals surface area contributed by atoms with Crippen molar-refractivity contribution >= 4 is 11.5 Å². The molecule has 0 aliphatic carbocycles. The van der Waals surface area contributed by atoms with E-state index in [0.717, 1.165) is 28.3 Å². The van der Waals surface area contributed by atoms with Crippen LogP contribution in [0.2, 0.25) is 0 Å². The van der Waals surface area contributed by atoms with E-state index in [1.807, 2.05) is 35.0 Å². The summed E-state index contributed by atoms with van der Waals surface area (Å²) in [5.74, 6) is 1.29. The highest BCUT2D eigenvalue weighted by atomic mass is 15.3. The second-order valence-corrected chi connectivity index (χ2v) is 7.16. The van der Waals surface area contributed by atoms with Crippen LogP contribution in [-0.4, -0.2) is 14.6 Å².